The second-order valence-electron chi connectivity index (χ2n) is 3.55. The zero-order valence-corrected chi connectivity index (χ0v) is 9.30. The Bertz CT molecular complexity index is 516. The van der Waals surface area contributed by atoms with Gasteiger partial charge < -0.3 is 5.32 Å². The van der Waals surface area contributed by atoms with Crippen molar-refractivity contribution in [1.29, 1.82) is 5.26 Å². The molecule has 0 bridgehead atoms. The Kier molecular flexibility index (Phi) is 3.79. The first-order chi connectivity index (χ1) is 8.40. The van der Waals surface area contributed by atoms with E-state index in [9.17, 15) is 0 Å². The van der Waals surface area contributed by atoms with Gasteiger partial charge in [-0.2, -0.15) is 5.26 Å². The van der Waals surface area contributed by atoms with E-state index in [0.29, 0.717) is 18.8 Å². The molecule has 17 heavy (non-hydrogen) atoms. The first kappa shape index (κ1) is 11.2. The van der Waals surface area contributed by atoms with Gasteiger partial charge in [0.15, 0.2) is 0 Å². The van der Waals surface area contributed by atoms with E-state index in [2.05, 4.69) is 21.4 Å². The van der Waals surface area contributed by atoms with Crippen molar-refractivity contribution in [2.75, 3.05) is 0 Å². The molecule has 0 aliphatic heterocycles. The summed E-state index contributed by atoms with van der Waals surface area (Å²) in [5, 5.41) is 12.1. The minimum Gasteiger partial charge on any atom is -0.307 e. The number of nitrogens with zero attached hydrogens (tertiary/aromatic N) is 3. The van der Waals surface area contributed by atoms with Gasteiger partial charge in [0.05, 0.1) is 5.69 Å². The van der Waals surface area contributed by atoms with E-state index >= 15 is 0 Å². The third-order valence-corrected chi connectivity index (χ3v) is 2.34. The average molecular weight is 224 g/mol. The van der Waals surface area contributed by atoms with Gasteiger partial charge >= 0.3 is 0 Å². The Hall–Kier alpha value is -2.25. The Morgan fingerprint density at radius 1 is 1.06 bits per heavy atom. The van der Waals surface area contributed by atoms with Crippen LogP contribution in [0.15, 0.2) is 42.7 Å². The zero-order valence-electron chi connectivity index (χ0n) is 9.30. The molecule has 2 aromatic heterocycles. The summed E-state index contributed by atoms with van der Waals surface area (Å²) in [6, 6.07) is 11.6. The standard InChI is InChI=1S/C13H12N4/c14-8-13-11(4-3-7-17-13)9-15-10-12-5-1-2-6-16-12/h1-7,15H,9-10H2. The van der Waals surface area contributed by atoms with Gasteiger partial charge in [0.25, 0.3) is 0 Å². The number of rotatable bonds is 4. The number of nitrogens with one attached hydrogen (secondary N) is 1. The molecule has 0 aliphatic carbocycles. The largest absolute Gasteiger partial charge is 0.307 e. The number of hydrogen-bond donors (Lipinski definition) is 1. The second-order valence-corrected chi connectivity index (χ2v) is 3.55. The highest BCUT2D eigenvalue weighted by Gasteiger charge is 2.01. The van der Waals surface area contributed by atoms with Gasteiger partial charge in [-0.15, -0.1) is 0 Å². The predicted molar refractivity (Wildman–Crippen MR) is 63.7 cm³/mol. The first-order valence-corrected chi connectivity index (χ1v) is 5.35. The topological polar surface area (TPSA) is 61.6 Å². The van der Waals surface area contributed by atoms with Crippen LogP contribution in [0, 0.1) is 11.3 Å². The van der Waals surface area contributed by atoms with E-state index in [1.54, 1.807) is 12.4 Å². The summed E-state index contributed by atoms with van der Waals surface area (Å²) < 4.78 is 0. The highest BCUT2D eigenvalue weighted by atomic mass is 14.9. The van der Waals surface area contributed by atoms with Gasteiger partial charge in [-0.1, -0.05) is 12.1 Å². The molecule has 84 valence electrons. The Morgan fingerprint density at radius 3 is 2.71 bits per heavy atom. The van der Waals surface area contributed by atoms with Crippen LogP contribution in [-0.2, 0) is 13.1 Å². The van der Waals surface area contributed by atoms with E-state index in [1.807, 2.05) is 30.3 Å². The van der Waals surface area contributed by atoms with E-state index < -0.39 is 0 Å². The molecule has 0 aromatic carbocycles. The van der Waals surface area contributed by atoms with Crippen molar-refractivity contribution < 1.29 is 0 Å². The fourth-order valence-electron chi connectivity index (χ4n) is 1.51. The van der Waals surface area contributed by atoms with Crippen molar-refractivity contribution in [3.8, 4) is 6.07 Å². The van der Waals surface area contributed by atoms with Crippen LogP contribution in [0.3, 0.4) is 0 Å². The maximum absolute atomic E-state index is 8.88. The van der Waals surface area contributed by atoms with Gasteiger partial charge in [-0.3, -0.25) is 4.98 Å². The average Bonchev–Trinajstić information content (AvgIpc) is 2.40. The fraction of sp³-hybridized carbons (Fsp3) is 0.154. The molecule has 4 heteroatoms. The minimum atomic E-state index is 0.473. The van der Waals surface area contributed by atoms with E-state index in [-0.39, 0.29) is 0 Å². The first-order valence-electron chi connectivity index (χ1n) is 5.35. The van der Waals surface area contributed by atoms with Gasteiger partial charge in [0.2, 0.25) is 0 Å². The molecular formula is C13H12N4. The Balaban J connectivity index is 1.93. The highest BCUT2D eigenvalue weighted by Crippen LogP contribution is 2.03. The van der Waals surface area contributed by atoms with Crippen molar-refractivity contribution in [3.05, 3.63) is 59.7 Å². The van der Waals surface area contributed by atoms with Crippen LogP contribution >= 0.6 is 0 Å². The fourth-order valence-corrected chi connectivity index (χ4v) is 1.51. The van der Waals surface area contributed by atoms with Crippen molar-refractivity contribution in [2.24, 2.45) is 0 Å². The third kappa shape index (κ3) is 3.10. The molecule has 0 radical (unpaired) electrons. The highest BCUT2D eigenvalue weighted by molar-refractivity contribution is 5.30. The molecule has 0 saturated heterocycles. The lowest BCUT2D eigenvalue weighted by atomic mass is 10.2. The number of nitriles is 1. The molecule has 0 saturated carbocycles. The normalized spacial score (nSPS) is 9.82. The molecular weight excluding hydrogens is 212 g/mol. The summed E-state index contributed by atoms with van der Waals surface area (Å²) in [5.41, 5.74) is 2.36. The van der Waals surface area contributed by atoms with Gasteiger partial charge in [-0.05, 0) is 18.2 Å². The van der Waals surface area contributed by atoms with E-state index in [1.165, 1.54) is 0 Å². The number of aromatic nitrogens is 2. The van der Waals surface area contributed by atoms with Crippen LogP contribution in [0.4, 0.5) is 0 Å². The van der Waals surface area contributed by atoms with Crippen LogP contribution < -0.4 is 5.32 Å². The maximum Gasteiger partial charge on any atom is 0.144 e. The molecule has 4 nitrogen and oxygen atoms in total. The molecule has 1 N–H and O–H groups in total. The second kappa shape index (κ2) is 5.73. The van der Waals surface area contributed by atoms with Gasteiger partial charge in [-0.25, -0.2) is 4.98 Å². The third-order valence-electron chi connectivity index (χ3n) is 2.34. The van der Waals surface area contributed by atoms with Crippen molar-refractivity contribution >= 4 is 0 Å². The maximum atomic E-state index is 8.88. The molecule has 2 aromatic rings. The summed E-state index contributed by atoms with van der Waals surface area (Å²) in [6.07, 6.45) is 3.39. The molecule has 0 amide bonds. The van der Waals surface area contributed by atoms with E-state index in [0.717, 1.165) is 11.3 Å². The summed E-state index contributed by atoms with van der Waals surface area (Å²) >= 11 is 0. The van der Waals surface area contributed by atoms with Crippen molar-refractivity contribution in [3.63, 3.8) is 0 Å². The molecule has 2 heterocycles. The summed E-state index contributed by atoms with van der Waals surface area (Å²) in [5.74, 6) is 0. The molecule has 0 aliphatic rings. The molecule has 0 fully saturated rings. The van der Waals surface area contributed by atoms with Crippen molar-refractivity contribution in [2.45, 2.75) is 13.1 Å². The SMILES string of the molecule is N#Cc1ncccc1CNCc1ccccn1. The van der Waals surface area contributed by atoms with Crippen molar-refractivity contribution in [1.82, 2.24) is 15.3 Å². The summed E-state index contributed by atoms with van der Waals surface area (Å²) in [4.78, 5) is 8.22. The van der Waals surface area contributed by atoms with Crippen LogP contribution in [0.2, 0.25) is 0 Å². The Labute approximate surface area is 100.0 Å². The molecule has 0 unspecified atom stereocenters. The smallest absolute Gasteiger partial charge is 0.144 e. The number of hydrogen-bond acceptors (Lipinski definition) is 4. The summed E-state index contributed by atoms with van der Waals surface area (Å²) in [7, 11) is 0. The van der Waals surface area contributed by atoms with E-state index in [4.69, 9.17) is 5.26 Å². The molecule has 0 atom stereocenters. The predicted octanol–water partition coefficient (Wildman–Crippen LogP) is 1.64. The lowest BCUT2D eigenvalue weighted by Crippen LogP contribution is -2.14. The lowest BCUT2D eigenvalue weighted by molar-refractivity contribution is 0.676. The quantitative estimate of drug-likeness (QED) is 0.857. The lowest BCUT2D eigenvalue weighted by Gasteiger charge is -2.05. The number of pyridine rings is 2. The van der Waals surface area contributed by atoms with Crippen LogP contribution in [0.1, 0.15) is 17.0 Å². The zero-order chi connectivity index (χ0) is 11.9. The molecule has 2 rings (SSSR count). The van der Waals surface area contributed by atoms with Gasteiger partial charge in [0.1, 0.15) is 11.8 Å². The van der Waals surface area contributed by atoms with Gasteiger partial charge in [0, 0.05) is 31.0 Å². The molecule has 0 spiro atoms. The minimum absolute atomic E-state index is 0.473. The monoisotopic (exact) mass is 224 g/mol. The van der Waals surface area contributed by atoms with Crippen LogP contribution in [-0.4, -0.2) is 9.97 Å². The Morgan fingerprint density at radius 2 is 1.94 bits per heavy atom. The van der Waals surface area contributed by atoms with Crippen LogP contribution in [0.5, 0.6) is 0 Å². The van der Waals surface area contributed by atoms with Crippen LogP contribution in [0.25, 0.3) is 0 Å². The summed E-state index contributed by atoms with van der Waals surface area (Å²) in [6.45, 7) is 1.30.